The number of nitrogens with zero attached hydrogens (tertiary/aromatic N) is 2. The molecule has 4 aromatic rings. The average Bonchev–Trinajstić information content (AvgIpc) is 3.33. The summed E-state index contributed by atoms with van der Waals surface area (Å²) in [5.74, 6) is 1.64. The lowest BCUT2D eigenvalue weighted by Crippen LogP contribution is -2.28. The van der Waals surface area contributed by atoms with Gasteiger partial charge in [-0.3, -0.25) is 4.79 Å². The predicted octanol–water partition coefficient (Wildman–Crippen LogP) is 3.88. The molecule has 3 N–H and O–H groups in total. The SMILES string of the molecule is O=C(Nc1cccc(-c2ccc(S(=O)(=O)NCCc3cnc[nH]3)cc2)n1)C1(c2ccc3c(c2)OCO3)CC1.[HH].[HH]. The average molecular weight is 536 g/mol. The number of carbonyl (C=O) groups is 1. The van der Waals surface area contributed by atoms with E-state index in [0.29, 0.717) is 29.4 Å². The van der Waals surface area contributed by atoms with Crippen molar-refractivity contribution in [2.45, 2.75) is 29.6 Å². The Morgan fingerprint density at radius 1 is 1.05 bits per heavy atom. The Kier molecular flexibility index (Phi) is 6.09. The molecule has 1 fully saturated rings. The van der Waals surface area contributed by atoms with E-state index in [-0.39, 0.29) is 27.0 Å². The lowest BCUT2D eigenvalue weighted by atomic mass is 9.94. The number of H-pyrrole nitrogens is 1. The van der Waals surface area contributed by atoms with Gasteiger partial charge in [-0.25, -0.2) is 23.1 Å². The smallest absolute Gasteiger partial charge is 0.240 e. The number of anilines is 1. The first-order chi connectivity index (χ1) is 18.4. The first kappa shape index (κ1) is 24.1. The van der Waals surface area contributed by atoms with E-state index >= 15 is 0 Å². The number of fused-ring (bicyclic) bond motifs is 1. The number of rotatable bonds is 9. The zero-order chi connectivity index (χ0) is 26.2. The molecule has 38 heavy (non-hydrogen) atoms. The summed E-state index contributed by atoms with van der Waals surface area (Å²) in [7, 11) is -3.65. The van der Waals surface area contributed by atoms with Crippen molar-refractivity contribution in [3.05, 3.63) is 84.4 Å². The maximum Gasteiger partial charge on any atom is 0.240 e. The molecule has 0 saturated heterocycles. The van der Waals surface area contributed by atoms with Crippen molar-refractivity contribution in [1.29, 1.82) is 0 Å². The molecular formula is C27H29N5O5S. The fourth-order valence-electron chi connectivity index (χ4n) is 4.50. The molecule has 1 saturated carbocycles. The molecule has 6 rings (SSSR count). The number of carbonyl (C=O) groups excluding carboxylic acids is 1. The lowest BCUT2D eigenvalue weighted by molar-refractivity contribution is -0.118. The molecule has 0 radical (unpaired) electrons. The third-order valence-electron chi connectivity index (χ3n) is 6.80. The number of amides is 1. The van der Waals surface area contributed by atoms with Crippen molar-refractivity contribution >= 4 is 21.7 Å². The van der Waals surface area contributed by atoms with Gasteiger partial charge in [0.25, 0.3) is 0 Å². The summed E-state index contributed by atoms with van der Waals surface area (Å²) < 4.78 is 38.8. The number of aromatic amines is 1. The summed E-state index contributed by atoms with van der Waals surface area (Å²) in [5, 5.41) is 2.96. The maximum atomic E-state index is 13.3. The summed E-state index contributed by atoms with van der Waals surface area (Å²) in [4.78, 5) is 24.9. The van der Waals surface area contributed by atoms with E-state index < -0.39 is 15.4 Å². The van der Waals surface area contributed by atoms with Gasteiger partial charge >= 0.3 is 0 Å². The molecule has 0 unspecified atom stereocenters. The second-order valence-corrected chi connectivity index (χ2v) is 11.0. The van der Waals surface area contributed by atoms with Gasteiger partial charge < -0.3 is 19.8 Å². The Labute approximate surface area is 222 Å². The fourth-order valence-corrected chi connectivity index (χ4v) is 5.53. The minimum absolute atomic E-state index is 0. The van der Waals surface area contributed by atoms with Crippen molar-refractivity contribution in [1.82, 2.24) is 19.7 Å². The van der Waals surface area contributed by atoms with Crippen molar-refractivity contribution in [2.75, 3.05) is 18.7 Å². The molecule has 11 heteroatoms. The highest BCUT2D eigenvalue weighted by Gasteiger charge is 2.51. The van der Waals surface area contributed by atoms with E-state index in [1.165, 1.54) is 0 Å². The van der Waals surface area contributed by atoms with E-state index in [1.807, 2.05) is 24.3 Å². The molecule has 0 bridgehead atoms. The third-order valence-corrected chi connectivity index (χ3v) is 8.28. The molecule has 0 spiro atoms. The molecule has 1 aliphatic carbocycles. The number of sulfonamides is 1. The summed E-state index contributed by atoms with van der Waals surface area (Å²) in [6, 6.07) is 17.5. The molecular weight excluding hydrogens is 506 g/mol. The Bertz CT molecular complexity index is 1590. The quantitative estimate of drug-likeness (QED) is 0.296. The molecule has 3 heterocycles. The van der Waals surface area contributed by atoms with E-state index in [9.17, 15) is 13.2 Å². The number of aromatic nitrogens is 3. The van der Waals surface area contributed by atoms with Crippen LogP contribution in [0.1, 0.15) is 27.0 Å². The van der Waals surface area contributed by atoms with Gasteiger partial charge in [0.1, 0.15) is 5.82 Å². The standard InChI is InChI=1S/C27H25N5O5S.2H2/c33-26(27(11-12-27)19-6-9-23-24(14-19)37-17-36-23)32-25-3-1-2-22(31-25)18-4-7-21(8-5-18)38(34,35)30-13-10-20-15-28-16-29-20;;/h1-9,14-16,30H,10-13,17H2,(H,28,29)(H,31,32,33);2*1H. The van der Waals surface area contributed by atoms with Crippen molar-refractivity contribution < 1.29 is 25.5 Å². The first-order valence-electron chi connectivity index (χ1n) is 12.2. The molecule has 0 atom stereocenters. The predicted molar refractivity (Wildman–Crippen MR) is 143 cm³/mol. The van der Waals surface area contributed by atoms with E-state index in [0.717, 1.165) is 29.7 Å². The highest BCUT2D eigenvalue weighted by atomic mass is 32.2. The number of pyridine rings is 1. The molecule has 1 aliphatic heterocycles. The van der Waals surface area contributed by atoms with E-state index in [1.54, 1.807) is 48.9 Å². The van der Waals surface area contributed by atoms with Gasteiger partial charge in [-0.1, -0.05) is 24.3 Å². The van der Waals surface area contributed by atoms with Gasteiger partial charge in [-0.05, 0) is 54.8 Å². The van der Waals surface area contributed by atoms with Crippen molar-refractivity contribution in [2.24, 2.45) is 0 Å². The molecule has 2 aromatic carbocycles. The topological polar surface area (TPSA) is 135 Å². The number of hydrogen-bond donors (Lipinski definition) is 3. The molecule has 2 aliphatic rings. The number of imidazole rings is 1. The van der Waals surface area contributed by atoms with Crippen LogP contribution in [-0.2, 0) is 26.7 Å². The maximum absolute atomic E-state index is 13.3. The second-order valence-electron chi connectivity index (χ2n) is 9.26. The number of nitrogens with one attached hydrogen (secondary N) is 3. The van der Waals surface area contributed by atoms with Gasteiger partial charge in [0.2, 0.25) is 22.7 Å². The van der Waals surface area contributed by atoms with Gasteiger partial charge in [-0.15, -0.1) is 0 Å². The second kappa shape index (κ2) is 9.58. The number of hydrogen-bond acceptors (Lipinski definition) is 7. The van der Waals surface area contributed by atoms with Crippen LogP contribution < -0.4 is 19.5 Å². The fraction of sp³-hybridized carbons (Fsp3) is 0.222. The third kappa shape index (κ3) is 4.73. The zero-order valence-electron chi connectivity index (χ0n) is 20.3. The van der Waals surface area contributed by atoms with E-state index in [2.05, 4.69) is 25.0 Å². The Morgan fingerprint density at radius 2 is 1.87 bits per heavy atom. The highest BCUT2D eigenvalue weighted by molar-refractivity contribution is 7.89. The van der Waals surface area contributed by atoms with Crippen LogP contribution in [0.5, 0.6) is 11.5 Å². The van der Waals surface area contributed by atoms with E-state index in [4.69, 9.17) is 9.47 Å². The van der Waals surface area contributed by atoms with Gasteiger partial charge in [0, 0.05) is 33.3 Å². The Hall–Kier alpha value is -4.22. The molecule has 1 amide bonds. The van der Waals surface area contributed by atoms with Crippen LogP contribution in [0, 0.1) is 0 Å². The highest BCUT2D eigenvalue weighted by Crippen LogP contribution is 2.51. The number of ether oxygens (including phenoxy) is 2. The first-order valence-corrected chi connectivity index (χ1v) is 13.7. The van der Waals surface area contributed by atoms with Gasteiger partial charge in [-0.2, -0.15) is 0 Å². The van der Waals surface area contributed by atoms with Gasteiger partial charge in [0.15, 0.2) is 11.5 Å². The van der Waals surface area contributed by atoms with Crippen LogP contribution in [-0.4, -0.2) is 42.6 Å². The van der Waals surface area contributed by atoms with Crippen LogP contribution in [0.3, 0.4) is 0 Å². The van der Waals surface area contributed by atoms with Gasteiger partial charge in [0.05, 0.1) is 22.3 Å². The number of benzene rings is 2. The van der Waals surface area contributed by atoms with Crippen LogP contribution in [0.2, 0.25) is 0 Å². The summed E-state index contributed by atoms with van der Waals surface area (Å²) in [6.07, 6.45) is 5.21. The van der Waals surface area contributed by atoms with Crippen LogP contribution >= 0.6 is 0 Å². The Morgan fingerprint density at radius 3 is 2.63 bits per heavy atom. The van der Waals surface area contributed by atoms with Crippen molar-refractivity contribution in [3.8, 4) is 22.8 Å². The normalized spacial score (nSPS) is 15.3. The lowest BCUT2D eigenvalue weighted by Gasteiger charge is -2.16. The summed E-state index contributed by atoms with van der Waals surface area (Å²) >= 11 is 0. The Balaban J connectivity index is 0.00000185. The molecule has 2 aromatic heterocycles. The summed E-state index contributed by atoms with van der Waals surface area (Å²) in [6.45, 7) is 0.438. The van der Waals surface area contributed by atoms with Crippen molar-refractivity contribution in [3.63, 3.8) is 0 Å². The van der Waals surface area contributed by atoms with Crippen LogP contribution in [0.4, 0.5) is 5.82 Å². The molecule has 198 valence electrons. The summed E-state index contributed by atoms with van der Waals surface area (Å²) in [5.41, 5.74) is 2.48. The zero-order valence-corrected chi connectivity index (χ0v) is 21.1. The van der Waals surface area contributed by atoms with Crippen LogP contribution in [0.25, 0.3) is 11.3 Å². The molecule has 10 nitrogen and oxygen atoms in total. The monoisotopic (exact) mass is 535 g/mol. The largest absolute Gasteiger partial charge is 0.454 e. The van der Waals surface area contributed by atoms with Crippen LogP contribution in [0.15, 0.2) is 78.1 Å². The minimum Gasteiger partial charge on any atom is -0.454 e. The minimum atomic E-state index is -3.65.